The molecule has 9 heteroatoms. The number of aliphatic hydroxyl groups excluding tert-OH is 1. The van der Waals surface area contributed by atoms with Crippen LogP contribution in [0.1, 0.15) is 12.8 Å². The van der Waals surface area contributed by atoms with Crippen LogP contribution < -0.4 is 15.8 Å². The Kier molecular flexibility index (Phi) is 6.41. The van der Waals surface area contributed by atoms with Crippen LogP contribution in [-0.2, 0) is 0 Å². The summed E-state index contributed by atoms with van der Waals surface area (Å²) < 4.78 is 1.34. The predicted molar refractivity (Wildman–Crippen MR) is 137 cm³/mol. The molecule has 1 aliphatic heterocycles. The minimum Gasteiger partial charge on any atom is -0.396 e. The number of rotatable bonds is 5. The van der Waals surface area contributed by atoms with Gasteiger partial charge in [0.05, 0.1) is 26.6 Å². The third kappa shape index (κ3) is 4.46. The van der Waals surface area contributed by atoms with E-state index in [9.17, 15) is 9.90 Å². The first-order chi connectivity index (χ1) is 16.5. The van der Waals surface area contributed by atoms with E-state index in [0.29, 0.717) is 38.4 Å². The summed E-state index contributed by atoms with van der Waals surface area (Å²) in [5, 5.41) is 13.7. The number of pyridine rings is 1. The molecule has 1 saturated heterocycles. The van der Waals surface area contributed by atoms with Crippen LogP contribution in [0.15, 0.2) is 65.8 Å². The molecule has 2 aromatic carbocycles. The Bertz CT molecular complexity index is 1360. The zero-order valence-corrected chi connectivity index (χ0v) is 19.8. The quantitative estimate of drug-likeness (QED) is 0.403. The number of aromatic nitrogens is 3. The third-order valence-corrected chi connectivity index (χ3v) is 6.81. The number of nitrogens with zero attached hydrogens (tertiary/aromatic N) is 4. The van der Waals surface area contributed by atoms with Gasteiger partial charge < -0.3 is 15.3 Å². The van der Waals surface area contributed by atoms with Crippen LogP contribution in [0.4, 0.5) is 17.2 Å². The fourth-order valence-electron chi connectivity index (χ4n) is 4.24. The second kappa shape index (κ2) is 9.62. The van der Waals surface area contributed by atoms with Crippen LogP contribution in [0.25, 0.3) is 16.6 Å². The van der Waals surface area contributed by atoms with E-state index in [4.69, 9.17) is 23.2 Å². The topological polar surface area (TPSA) is 83.3 Å². The van der Waals surface area contributed by atoms with Crippen molar-refractivity contribution in [1.82, 2.24) is 14.5 Å². The molecular formula is C25H23Cl2N5O2. The maximum absolute atomic E-state index is 13.1. The van der Waals surface area contributed by atoms with Crippen molar-refractivity contribution in [1.29, 1.82) is 0 Å². The molecule has 0 radical (unpaired) electrons. The van der Waals surface area contributed by atoms with Crippen molar-refractivity contribution in [3.05, 3.63) is 81.5 Å². The van der Waals surface area contributed by atoms with E-state index in [1.165, 1.54) is 17.1 Å². The molecule has 5 rings (SSSR count). The fraction of sp³-hybridized carbons (Fsp3) is 0.240. The SMILES string of the molecule is O=c1c2cnc(Nc3ccc(N4CCC(CO)CC4)cc3)cc2ncn1-c1c(Cl)cccc1Cl. The molecule has 0 saturated carbocycles. The highest BCUT2D eigenvalue weighted by Gasteiger charge is 2.18. The van der Waals surface area contributed by atoms with Gasteiger partial charge in [0, 0.05) is 43.3 Å². The molecule has 4 aromatic rings. The van der Waals surface area contributed by atoms with Crippen LogP contribution in [0.3, 0.4) is 0 Å². The molecule has 0 spiro atoms. The van der Waals surface area contributed by atoms with Crippen LogP contribution in [0.2, 0.25) is 10.0 Å². The Morgan fingerprint density at radius 1 is 1.03 bits per heavy atom. The van der Waals surface area contributed by atoms with Crippen LogP contribution in [-0.4, -0.2) is 39.3 Å². The van der Waals surface area contributed by atoms with Gasteiger partial charge in [-0.1, -0.05) is 29.3 Å². The molecular weight excluding hydrogens is 473 g/mol. The van der Waals surface area contributed by atoms with Gasteiger partial charge in [-0.15, -0.1) is 0 Å². The number of anilines is 3. The Labute approximate surface area is 206 Å². The molecule has 0 bridgehead atoms. The normalized spacial score (nSPS) is 14.5. The Hall–Kier alpha value is -3.13. The molecule has 0 aliphatic carbocycles. The summed E-state index contributed by atoms with van der Waals surface area (Å²) in [6, 6.07) is 15.0. The largest absolute Gasteiger partial charge is 0.396 e. The molecule has 34 heavy (non-hydrogen) atoms. The highest BCUT2D eigenvalue weighted by molar-refractivity contribution is 6.37. The summed E-state index contributed by atoms with van der Waals surface area (Å²) in [4.78, 5) is 24.2. The van der Waals surface area contributed by atoms with Gasteiger partial charge in [-0.3, -0.25) is 9.36 Å². The maximum atomic E-state index is 13.1. The number of halogens is 2. The molecule has 0 unspecified atom stereocenters. The average Bonchev–Trinajstić information content (AvgIpc) is 2.86. The maximum Gasteiger partial charge on any atom is 0.267 e. The number of piperidine rings is 1. The fourth-order valence-corrected chi connectivity index (χ4v) is 4.82. The van der Waals surface area contributed by atoms with E-state index in [1.54, 1.807) is 24.3 Å². The molecule has 7 nitrogen and oxygen atoms in total. The summed E-state index contributed by atoms with van der Waals surface area (Å²) >= 11 is 12.5. The molecule has 2 aromatic heterocycles. The van der Waals surface area contributed by atoms with Gasteiger partial charge in [-0.2, -0.15) is 0 Å². The van der Waals surface area contributed by atoms with Gasteiger partial charge in [0.2, 0.25) is 0 Å². The van der Waals surface area contributed by atoms with E-state index in [-0.39, 0.29) is 12.2 Å². The molecule has 174 valence electrons. The van der Waals surface area contributed by atoms with Crippen molar-refractivity contribution in [3.63, 3.8) is 0 Å². The van der Waals surface area contributed by atoms with Gasteiger partial charge >= 0.3 is 0 Å². The van der Waals surface area contributed by atoms with Gasteiger partial charge in [0.15, 0.2) is 0 Å². The van der Waals surface area contributed by atoms with Crippen molar-refractivity contribution in [2.45, 2.75) is 12.8 Å². The molecule has 0 amide bonds. The molecule has 1 aliphatic rings. The summed E-state index contributed by atoms with van der Waals surface area (Å²) in [6.45, 7) is 2.17. The smallest absolute Gasteiger partial charge is 0.267 e. The second-order valence-electron chi connectivity index (χ2n) is 8.36. The van der Waals surface area contributed by atoms with Crippen molar-refractivity contribution in [2.75, 3.05) is 29.9 Å². The van der Waals surface area contributed by atoms with Crippen molar-refractivity contribution < 1.29 is 5.11 Å². The summed E-state index contributed by atoms with van der Waals surface area (Å²) in [5.74, 6) is 1.000. The van der Waals surface area contributed by atoms with Crippen LogP contribution in [0, 0.1) is 5.92 Å². The van der Waals surface area contributed by atoms with E-state index < -0.39 is 0 Å². The van der Waals surface area contributed by atoms with E-state index >= 15 is 0 Å². The zero-order valence-electron chi connectivity index (χ0n) is 18.3. The Balaban J connectivity index is 1.36. The van der Waals surface area contributed by atoms with Crippen LogP contribution >= 0.6 is 23.2 Å². The number of nitrogens with one attached hydrogen (secondary N) is 1. The lowest BCUT2D eigenvalue weighted by Crippen LogP contribution is -2.34. The van der Waals surface area contributed by atoms with Crippen molar-refractivity contribution in [3.8, 4) is 5.69 Å². The van der Waals surface area contributed by atoms with Crippen molar-refractivity contribution in [2.24, 2.45) is 5.92 Å². The Morgan fingerprint density at radius 2 is 1.74 bits per heavy atom. The first-order valence-electron chi connectivity index (χ1n) is 11.1. The van der Waals surface area contributed by atoms with Crippen LogP contribution in [0.5, 0.6) is 0 Å². The standard InChI is InChI=1S/C25H23Cl2N5O2/c26-20-2-1-3-21(27)24(20)32-15-29-22-12-23(28-13-19(22)25(32)34)30-17-4-6-18(7-5-17)31-10-8-16(14-33)9-11-31/h1-7,12-13,15-16,33H,8-11,14H2,(H,28,30). The Morgan fingerprint density at radius 3 is 2.41 bits per heavy atom. The molecule has 2 N–H and O–H groups in total. The summed E-state index contributed by atoms with van der Waals surface area (Å²) in [7, 11) is 0. The molecule has 1 fully saturated rings. The predicted octanol–water partition coefficient (Wildman–Crippen LogP) is 5.04. The molecule has 0 atom stereocenters. The van der Waals surface area contributed by atoms with E-state index in [1.807, 2.05) is 12.1 Å². The first-order valence-corrected chi connectivity index (χ1v) is 11.8. The molecule has 3 heterocycles. The van der Waals surface area contributed by atoms with E-state index in [0.717, 1.165) is 37.3 Å². The van der Waals surface area contributed by atoms with Crippen molar-refractivity contribution >= 4 is 51.3 Å². The number of benzene rings is 2. The van der Waals surface area contributed by atoms with Gasteiger partial charge in [0.25, 0.3) is 5.56 Å². The lowest BCUT2D eigenvalue weighted by Gasteiger charge is -2.33. The third-order valence-electron chi connectivity index (χ3n) is 6.20. The number of aliphatic hydroxyl groups is 1. The number of para-hydroxylation sites is 1. The van der Waals surface area contributed by atoms with Gasteiger partial charge in [0.1, 0.15) is 12.1 Å². The zero-order chi connectivity index (χ0) is 23.7. The highest BCUT2D eigenvalue weighted by Crippen LogP contribution is 2.28. The van der Waals surface area contributed by atoms with Gasteiger partial charge in [-0.05, 0) is 55.2 Å². The average molecular weight is 496 g/mol. The highest BCUT2D eigenvalue weighted by atomic mass is 35.5. The lowest BCUT2D eigenvalue weighted by molar-refractivity contribution is 0.203. The minimum atomic E-state index is -0.298. The van der Waals surface area contributed by atoms with E-state index in [2.05, 4.69) is 32.3 Å². The monoisotopic (exact) mass is 495 g/mol. The summed E-state index contributed by atoms with van der Waals surface area (Å²) in [5.41, 5.74) is 2.66. The first kappa shape index (κ1) is 22.7. The number of fused-ring (bicyclic) bond motifs is 1. The lowest BCUT2D eigenvalue weighted by atomic mass is 9.97. The summed E-state index contributed by atoms with van der Waals surface area (Å²) in [6.07, 6.45) is 4.95. The number of hydrogen-bond acceptors (Lipinski definition) is 6. The number of hydrogen-bond donors (Lipinski definition) is 2. The second-order valence-corrected chi connectivity index (χ2v) is 9.18. The van der Waals surface area contributed by atoms with Gasteiger partial charge in [-0.25, -0.2) is 9.97 Å². The minimum absolute atomic E-state index is 0.270.